The molecule has 3 heterocycles. The molecule has 5 aromatic carbocycles. The van der Waals surface area contributed by atoms with Gasteiger partial charge in [-0.1, -0.05) is 109 Å². The summed E-state index contributed by atoms with van der Waals surface area (Å²) in [7, 11) is 0. The number of para-hydroxylation sites is 2. The van der Waals surface area contributed by atoms with Crippen LogP contribution >= 0.6 is 11.3 Å². The number of thiophene rings is 1. The van der Waals surface area contributed by atoms with E-state index < -0.39 is 0 Å². The van der Waals surface area contributed by atoms with Crippen molar-refractivity contribution >= 4 is 61.8 Å². The van der Waals surface area contributed by atoms with E-state index in [2.05, 4.69) is 155 Å². The molecule has 0 aliphatic carbocycles. The summed E-state index contributed by atoms with van der Waals surface area (Å²) in [5, 5.41) is 19.4. The van der Waals surface area contributed by atoms with E-state index in [1.807, 2.05) is 6.07 Å². The van der Waals surface area contributed by atoms with Crippen molar-refractivity contribution < 1.29 is 0 Å². The predicted molar refractivity (Wildman–Crippen MR) is 183 cm³/mol. The van der Waals surface area contributed by atoms with E-state index in [0.29, 0.717) is 5.71 Å². The molecule has 2 N–H and O–H groups in total. The first-order valence-corrected chi connectivity index (χ1v) is 15.2. The summed E-state index contributed by atoms with van der Waals surface area (Å²) in [4.78, 5) is 1.16. The van der Waals surface area contributed by atoms with Gasteiger partial charge < -0.3 is 9.88 Å². The lowest BCUT2D eigenvalue weighted by Gasteiger charge is -2.26. The zero-order valence-electron chi connectivity index (χ0n) is 23.3. The van der Waals surface area contributed by atoms with Crippen molar-refractivity contribution in [3.63, 3.8) is 0 Å². The molecule has 1 aliphatic rings. The van der Waals surface area contributed by atoms with Gasteiger partial charge in [0.2, 0.25) is 0 Å². The topological polar surface area (TPSA) is 40.8 Å². The van der Waals surface area contributed by atoms with Gasteiger partial charge in [-0.05, 0) is 63.7 Å². The van der Waals surface area contributed by atoms with Gasteiger partial charge in [0.05, 0.1) is 33.2 Å². The standard InChI is InChI=1S/C39H27N3S/c40-38(35-25-28-14-6-9-21-34(28)42(35)29-16-2-1-3-17-29)37(32-20-10-15-26-12-4-7-18-30(26)32)39-31-19-8-5-13-27(31)24-33(41-39)36-22-11-23-43-36/h1-25,40-41H/b39-37-,40-38?. The SMILES string of the molecule is N=C(/C(=C1\NC(c2cccs2)=Cc2ccccc21)c1cccc2ccccc12)c1cc2ccccc2n1-c1ccccc1. The lowest BCUT2D eigenvalue weighted by atomic mass is 9.87. The Morgan fingerprint density at radius 3 is 2.28 bits per heavy atom. The quantitative estimate of drug-likeness (QED) is 0.199. The van der Waals surface area contributed by atoms with Crippen LogP contribution in [0.15, 0.2) is 145 Å². The van der Waals surface area contributed by atoms with Crippen LogP contribution < -0.4 is 5.32 Å². The van der Waals surface area contributed by atoms with Crippen LogP contribution in [0.2, 0.25) is 0 Å². The lowest BCUT2D eigenvalue weighted by molar-refractivity contribution is 1.10. The molecule has 7 aromatic rings. The van der Waals surface area contributed by atoms with Crippen LogP contribution in [-0.4, -0.2) is 10.3 Å². The molecule has 0 atom stereocenters. The van der Waals surface area contributed by atoms with Crippen LogP contribution in [0, 0.1) is 5.41 Å². The number of hydrogen-bond acceptors (Lipinski definition) is 3. The molecular formula is C39H27N3S. The fraction of sp³-hybridized carbons (Fsp3) is 0. The molecule has 0 radical (unpaired) electrons. The molecule has 2 aromatic heterocycles. The molecule has 204 valence electrons. The predicted octanol–water partition coefficient (Wildman–Crippen LogP) is 9.88. The number of rotatable bonds is 5. The summed E-state index contributed by atoms with van der Waals surface area (Å²) in [5.74, 6) is 0. The molecule has 4 heteroatoms. The van der Waals surface area contributed by atoms with Gasteiger partial charge >= 0.3 is 0 Å². The maximum atomic E-state index is 10.1. The average Bonchev–Trinajstić information content (AvgIpc) is 3.74. The molecule has 8 rings (SSSR count). The van der Waals surface area contributed by atoms with Gasteiger partial charge in [0.1, 0.15) is 0 Å². The van der Waals surface area contributed by atoms with Crippen molar-refractivity contribution in [1.29, 1.82) is 5.41 Å². The first-order chi connectivity index (χ1) is 21.3. The van der Waals surface area contributed by atoms with E-state index in [1.165, 1.54) is 0 Å². The normalized spacial score (nSPS) is 13.8. The van der Waals surface area contributed by atoms with E-state index in [1.54, 1.807) is 11.3 Å². The Bertz CT molecular complexity index is 2210. The van der Waals surface area contributed by atoms with Gasteiger partial charge in [-0.3, -0.25) is 5.41 Å². The summed E-state index contributed by atoms with van der Waals surface area (Å²) in [6.07, 6.45) is 2.22. The fourth-order valence-corrected chi connectivity index (χ4v) is 6.86. The van der Waals surface area contributed by atoms with Crippen LogP contribution in [-0.2, 0) is 0 Å². The number of benzene rings is 5. The Hall–Kier alpha value is -5.45. The smallest absolute Gasteiger partial charge is 0.0880 e. The highest BCUT2D eigenvalue weighted by Gasteiger charge is 2.27. The van der Waals surface area contributed by atoms with E-state index in [-0.39, 0.29) is 0 Å². The summed E-state index contributed by atoms with van der Waals surface area (Å²) >= 11 is 1.71. The molecular weight excluding hydrogens is 543 g/mol. The molecule has 0 amide bonds. The Kier molecular flexibility index (Phi) is 6.13. The third kappa shape index (κ3) is 4.32. The second-order valence-corrected chi connectivity index (χ2v) is 11.6. The lowest BCUT2D eigenvalue weighted by Crippen LogP contribution is -2.21. The van der Waals surface area contributed by atoms with Crippen molar-refractivity contribution in [1.82, 2.24) is 9.88 Å². The van der Waals surface area contributed by atoms with Gasteiger partial charge in [0, 0.05) is 22.2 Å². The minimum atomic E-state index is 0.459. The van der Waals surface area contributed by atoms with Crippen LogP contribution in [0.5, 0.6) is 0 Å². The van der Waals surface area contributed by atoms with E-state index in [0.717, 1.165) is 71.6 Å². The number of nitrogens with one attached hydrogen (secondary N) is 2. The molecule has 1 aliphatic heterocycles. The van der Waals surface area contributed by atoms with E-state index in [4.69, 9.17) is 0 Å². The van der Waals surface area contributed by atoms with E-state index in [9.17, 15) is 5.41 Å². The molecule has 0 saturated heterocycles. The van der Waals surface area contributed by atoms with Crippen LogP contribution in [0.1, 0.15) is 27.3 Å². The van der Waals surface area contributed by atoms with Crippen LogP contribution in [0.4, 0.5) is 0 Å². The van der Waals surface area contributed by atoms with Gasteiger partial charge in [-0.2, -0.15) is 0 Å². The maximum absolute atomic E-state index is 10.1. The third-order valence-electron chi connectivity index (χ3n) is 8.12. The van der Waals surface area contributed by atoms with Crippen LogP contribution in [0.3, 0.4) is 0 Å². The molecule has 0 saturated carbocycles. The first kappa shape index (κ1) is 25.3. The van der Waals surface area contributed by atoms with Crippen molar-refractivity contribution in [2.75, 3.05) is 0 Å². The zero-order valence-corrected chi connectivity index (χ0v) is 24.1. The second kappa shape index (κ2) is 10.4. The van der Waals surface area contributed by atoms with Crippen molar-refractivity contribution in [2.24, 2.45) is 0 Å². The third-order valence-corrected chi connectivity index (χ3v) is 9.02. The molecule has 0 bridgehead atoms. The Morgan fingerprint density at radius 2 is 1.42 bits per heavy atom. The Morgan fingerprint density at radius 1 is 0.674 bits per heavy atom. The van der Waals surface area contributed by atoms with Crippen molar-refractivity contribution in [2.45, 2.75) is 0 Å². The Balaban J connectivity index is 1.46. The summed E-state index contributed by atoms with van der Waals surface area (Å²) in [6.45, 7) is 0. The highest BCUT2D eigenvalue weighted by Crippen LogP contribution is 2.40. The maximum Gasteiger partial charge on any atom is 0.0880 e. The minimum Gasteiger partial charge on any atom is -0.353 e. The second-order valence-electron chi connectivity index (χ2n) is 10.7. The molecule has 0 spiro atoms. The largest absolute Gasteiger partial charge is 0.353 e. The average molecular weight is 570 g/mol. The first-order valence-electron chi connectivity index (χ1n) is 14.4. The number of aromatic nitrogens is 1. The number of nitrogens with zero attached hydrogens (tertiary/aromatic N) is 1. The monoisotopic (exact) mass is 569 g/mol. The molecule has 3 nitrogen and oxygen atoms in total. The summed E-state index contributed by atoms with van der Waals surface area (Å²) in [5.41, 5.74) is 9.49. The highest BCUT2D eigenvalue weighted by atomic mass is 32.1. The zero-order chi connectivity index (χ0) is 28.8. The van der Waals surface area contributed by atoms with Gasteiger partial charge in [-0.15, -0.1) is 11.3 Å². The van der Waals surface area contributed by atoms with Gasteiger partial charge in [-0.25, -0.2) is 0 Å². The molecule has 0 fully saturated rings. The van der Waals surface area contributed by atoms with Gasteiger partial charge in [0.15, 0.2) is 0 Å². The fourth-order valence-electron chi connectivity index (χ4n) is 6.17. The van der Waals surface area contributed by atoms with E-state index >= 15 is 0 Å². The van der Waals surface area contributed by atoms with Gasteiger partial charge in [0.25, 0.3) is 0 Å². The van der Waals surface area contributed by atoms with Crippen molar-refractivity contribution in [3.05, 3.63) is 172 Å². The van der Waals surface area contributed by atoms with Crippen molar-refractivity contribution in [3.8, 4) is 5.69 Å². The highest BCUT2D eigenvalue weighted by molar-refractivity contribution is 7.11. The number of allylic oxidation sites excluding steroid dienone is 1. The van der Waals surface area contributed by atoms with Crippen LogP contribution in [0.25, 0.3) is 50.4 Å². The molecule has 0 unspecified atom stereocenters. The number of hydrogen-bond donors (Lipinski definition) is 2. The summed E-state index contributed by atoms with van der Waals surface area (Å²) < 4.78 is 2.22. The number of fused-ring (bicyclic) bond motifs is 3. The molecule has 43 heavy (non-hydrogen) atoms. The minimum absolute atomic E-state index is 0.459. The Labute approximate surface area is 254 Å². The summed E-state index contributed by atoms with van der Waals surface area (Å²) in [6, 6.07) is 48.5.